The molecule has 0 aliphatic carbocycles. The zero-order chi connectivity index (χ0) is 23.7. The number of hydrogen-bond donors (Lipinski definition) is 2. The van der Waals surface area contributed by atoms with Crippen molar-refractivity contribution in [1.82, 2.24) is 9.97 Å². The Balaban J connectivity index is 1.28. The van der Waals surface area contributed by atoms with Crippen LogP contribution in [0.5, 0.6) is 11.5 Å². The fourth-order valence-corrected chi connectivity index (χ4v) is 5.15. The van der Waals surface area contributed by atoms with Gasteiger partial charge in [-0.3, -0.25) is 20.2 Å². The van der Waals surface area contributed by atoms with E-state index in [0.29, 0.717) is 43.9 Å². The summed E-state index contributed by atoms with van der Waals surface area (Å²) in [7, 11) is 3.16. The smallest absolute Gasteiger partial charge is 0.257 e. The molecular formula is C24H18N4O4S2. The van der Waals surface area contributed by atoms with Crippen LogP contribution in [-0.2, 0) is 0 Å². The van der Waals surface area contributed by atoms with Crippen molar-refractivity contribution in [3.05, 3.63) is 71.8 Å². The molecule has 3 aromatic carbocycles. The average Bonchev–Trinajstić information content (AvgIpc) is 3.46. The first-order valence-electron chi connectivity index (χ1n) is 10.2. The van der Waals surface area contributed by atoms with Gasteiger partial charge >= 0.3 is 0 Å². The van der Waals surface area contributed by atoms with Crippen LogP contribution in [0.3, 0.4) is 0 Å². The number of ether oxygens (including phenoxy) is 2. The summed E-state index contributed by atoms with van der Waals surface area (Å²) in [5, 5.41) is 6.55. The van der Waals surface area contributed by atoms with Crippen LogP contribution < -0.4 is 20.1 Å². The quantitative estimate of drug-likeness (QED) is 0.329. The highest BCUT2D eigenvalue weighted by molar-refractivity contribution is 7.22. The van der Waals surface area contributed by atoms with Gasteiger partial charge in [-0.1, -0.05) is 34.8 Å². The summed E-state index contributed by atoms with van der Waals surface area (Å²) in [5.41, 5.74) is 2.22. The number of hydrogen-bond acceptors (Lipinski definition) is 8. The maximum atomic E-state index is 12.7. The molecule has 5 aromatic rings. The standard InChI is InChI=1S/C24H18N4O4S2/c1-31-15-5-3-7-17-19(15)25-23(33-17)27-21(29)13-9-11-14(12-10-13)22(30)28-24-26-20-16(32-2)6-4-8-18(20)34-24/h3-12H,1-2H3,(H,25,27,29)(H,26,28,30). The third-order valence-electron chi connectivity index (χ3n) is 5.05. The first-order chi connectivity index (χ1) is 16.6. The van der Waals surface area contributed by atoms with Gasteiger partial charge in [0.2, 0.25) is 0 Å². The number of benzene rings is 3. The highest BCUT2D eigenvalue weighted by Crippen LogP contribution is 2.33. The van der Waals surface area contributed by atoms with E-state index >= 15 is 0 Å². The number of nitrogens with zero attached hydrogens (tertiary/aromatic N) is 2. The molecule has 0 aliphatic rings. The van der Waals surface area contributed by atoms with E-state index in [1.54, 1.807) is 38.5 Å². The van der Waals surface area contributed by atoms with E-state index in [1.165, 1.54) is 22.7 Å². The van der Waals surface area contributed by atoms with Gasteiger partial charge in [0.25, 0.3) is 11.8 Å². The van der Waals surface area contributed by atoms with Crippen molar-refractivity contribution >= 4 is 65.2 Å². The third kappa shape index (κ3) is 4.16. The summed E-state index contributed by atoms with van der Waals surface area (Å²) < 4.78 is 12.5. The number of methoxy groups -OCH3 is 2. The second-order valence-corrected chi connectivity index (χ2v) is 9.20. The zero-order valence-corrected chi connectivity index (χ0v) is 19.8. The van der Waals surface area contributed by atoms with Gasteiger partial charge in [-0.05, 0) is 48.5 Å². The predicted octanol–water partition coefficient (Wildman–Crippen LogP) is 5.43. The van der Waals surface area contributed by atoms with Crippen molar-refractivity contribution < 1.29 is 19.1 Å². The number of amides is 2. The molecule has 8 nitrogen and oxygen atoms in total. The van der Waals surface area contributed by atoms with Crippen LogP contribution in [0.15, 0.2) is 60.7 Å². The lowest BCUT2D eigenvalue weighted by Gasteiger charge is -2.04. The van der Waals surface area contributed by atoms with Crippen LogP contribution in [0.25, 0.3) is 20.4 Å². The van der Waals surface area contributed by atoms with Crippen LogP contribution >= 0.6 is 22.7 Å². The average molecular weight is 491 g/mol. The van der Waals surface area contributed by atoms with Gasteiger partial charge in [-0.25, -0.2) is 9.97 Å². The van der Waals surface area contributed by atoms with E-state index in [9.17, 15) is 9.59 Å². The number of aromatic nitrogens is 2. The van der Waals surface area contributed by atoms with Crippen molar-refractivity contribution in [3.63, 3.8) is 0 Å². The number of carbonyl (C=O) groups excluding carboxylic acids is 2. The Labute approximate surface area is 202 Å². The van der Waals surface area contributed by atoms with Crippen LogP contribution in [0.2, 0.25) is 0 Å². The molecule has 0 fully saturated rings. The van der Waals surface area contributed by atoms with Gasteiger partial charge in [-0.15, -0.1) is 0 Å². The Bertz CT molecular complexity index is 1410. The van der Waals surface area contributed by atoms with E-state index in [2.05, 4.69) is 20.6 Å². The summed E-state index contributed by atoms with van der Waals surface area (Å²) in [4.78, 5) is 34.3. The fourth-order valence-electron chi connectivity index (χ4n) is 3.39. The molecule has 0 saturated carbocycles. The lowest BCUT2D eigenvalue weighted by Crippen LogP contribution is -2.14. The number of carbonyl (C=O) groups is 2. The first-order valence-corrected chi connectivity index (χ1v) is 11.8. The number of thiazole rings is 2. The van der Waals surface area contributed by atoms with Crippen molar-refractivity contribution in [3.8, 4) is 11.5 Å². The van der Waals surface area contributed by atoms with Gasteiger partial charge in [0.1, 0.15) is 22.5 Å². The van der Waals surface area contributed by atoms with E-state index in [1.807, 2.05) is 36.4 Å². The minimum Gasteiger partial charge on any atom is -0.494 e. The van der Waals surface area contributed by atoms with E-state index in [-0.39, 0.29) is 11.8 Å². The predicted molar refractivity (Wildman–Crippen MR) is 135 cm³/mol. The minimum atomic E-state index is -0.316. The molecule has 0 spiro atoms. The number of para-hydroxylation sites is 2. The number of fused-ring (bicyclic) bond motifs is 2. The maximum Gasteiger partial charge on any atom is 0.257 e. The molecule has 0 bridgehead atoms. The minimum absolute atomic E-state index is 0.316. The molecular weight excluding hydrogens is 472 g/mol. The molecule has 0 aliphatic heterocycles. The second-order valence-electron chi connectivity index (χ2n) is 7.14. The largest absolute Gasteiger partial charge is 0.494 e. The lowest BCUT2D eigenvalue weighted by atomic mass is 10.1. The van der Waals surface area contributed by atoms with Gasteiger partial charge in [0.05, 0.1) is 23.6 Å². The van der Waals surface area contributed by atoms with E-state index in [4.69, 9.17) is 9.47 Å². The zero-order valence-electron chi connectivity index (χ0n) is 18.1. The summed E-state index contributed by atoms with van der Waals surface area (Å²) in [6, 6.07) is 17.6. The van der Waals surface area contributed by atoms with Crippen molar-refractivity contribution in [2.24, 2.45) is 0 Å². The number of nitrogens with one attached hydrogen (secondary N) is 2. The number of anilines is 2. The molecule has 2 N–H and O–H groups in total. The molecule has 2 amide bonds. The maximum absolute atomic E-state index is 12.7. The molecule has 5 rings (SSSR count). The van der Waals surface area contributed by atoms with Crippen molar-refractivity contribution in [2.75, 3.05) is 24.9 Å². The Hall–Kier alpha value is -4.02. The van der Waals surface area contributed by atoms with Crippen LogP contribution in [-0.4, -0.2) is 36.0 Å². The van der Waals surface area contributed by atoms with Gasteiger partial charge < -0.3 is 9.47 Å². The second kappa shape index (κ2) is 9.08. The molecule has 34 heavy (non-hydrogen) atoms. The monoisotopic (exact) mass is 490 g/mol. The van der Waals surface area contributed by atoms with Crippen molar-refractivity contribution in [2.45, 2.75) is 0 Å². The normalized spacial score (nSPS) is 10.9. The van der Waals surface area contributed by atoms with Crippen LogP contribution in [0.4, 0.5) is 10.3 Å². The Kier molecular flexibility index (Phi) is 5.83. The van der Waals surface area contributed by atoms with E-state index < -0.39 is 0 Å². The molecule has 170 valence electrons. The Morgan fingerprint density at radius 3 is 1.47 bits per heavy atom. The summed E-state index contributed by atoms with van der Waals surface area (Å²) >= 11 is 2.72. The molecule has 2 heterocycles. The molecule has 0 atom stereocenters. The number of rotatable bonds is 6. The van der Waals surface area contributed by atoms with E-state index in [0.717, 1.165) is 9.40 Å². The van der Waals surface area contributed by atoms with Crippen LogP contribution in [0, 0.1) is 0 Å². The van der Waals surface area contributed by atoms with Gasteiger partial charge in [0.15, 0.2) is 10.3 Å². The lowest BCUT2D eigenvalue weighted by molar-refractivity contribution is 0.101. The SMILES string of the molecule is COc1cccc2sc(NC(=O)c3ccc(C(=O)Nc4nc5c(OC)cccc5s4)cc3)nc12. The molecule has 0 radical (unpaired) electrons. The highest BCUT2D eigenvalue weighted by atomic mass is 32.1. The molecule has 0 unspecified atom stereocenters. The fraction of sp³-hybridized carbons (Fsp3) is 0.0833. The highest BCUT2D eigenvalue weighted by Gasteiger charge is 2.15. The third-order valence-corrected chi connectivity index (χ3v) is 6.93. The summed E-state index contributed by atoms with van der Waals surface area (Å²) in [5.74, 6) is 0.666. The van der Waals surface area contributed by atoms with Gasteiger partial charge in [-0.2, -0.15) is 0 Å². The van der Waals surface area contributed by atoms with Crippen molar-refractivity contribution in [1.29, 1.82) is 0 Å². The van der Waals surface area contributed by atoms with Crippen LogP contribution in [0.1, 0.15) is 20.7 Å². The van der Waals surface area contributed by atoms with Gasteiger partial charge in [0, 0.05) is 11.1 Å². The molecule has 2 aromatic heterocycles. The Morgan fingerprint density at radius 1 is 0.676 bits per heavy atom. The molecule has 10 heteroatoms. The summed E-state index contributed by atoms with van der Waals surface area (Å²) in [6.07, 6.45) is 0. The Morgan fingerprint density at radius 2 is 1.09 bits per heavy atom. The topological polar surface area (TPSA) is 102 Å². The first kappa shape index (κ1) is 21.8. The molecule has 0 saturated heterocycles. The summed E-state index contributed by atoms with van der Waals surface area (Å²) in [6.45, 7) is 0.